The van der Waals surface area contributed by atoms with Crippen LogP contribution >= 0.6 is 0 Å². The minimum absolute atomic E-state index is 0.0230. The lowest BCUT2D eigenvalue weighted by atomic mass is 10.2. The first-order valence-corrected chi connectivity index (χ1v) is 5.62. The standard InChI is InChI=1S/C11H14N4O3/c1-14-3-2-4-15(6-9(14)16)10-8(11(17)18)5-12-7-13-10/h5,7H,2-4,6H2,1H3,(H,17,18). The first-order valence-electron chi connectivity index (χ1n) is 5.62. The highest BCUT2D eigenvalue weighted by molar-refractivity contribution is 5.94. The van der Waals surface area contributed by atoms with Crippen LogP contribution in [0.25, 0.3) is 0 Å². The molecule has 1 saturated heterocycles. The van der Waals surface area contributed by atoms with Crippen molar-refractivity contribution in [2.75, 3.05) is 31.6 Å². The molecule has 1 amide bonds. The summed E-state index contributed by atoms with van der Waals surface area (Å²) >= 11 is 0. The third-order valence-electron chi connectivity index (χ3n) is 2.89. The van der Waals surface area contributed by atoms with E-state index in [1.54, 1.807) is 16.8 Å². The number of aromatic nitrogens is 2. The highest BCUT2D eigenvalue weighted by atomic mass is 16.4. The summed E-state index contributed by atoms with van der Waals surface area (Å²) < 4.78 is 0. The molecule has 0 aliphatic carbocycles. The summed E-state index contributed by atoms with van der Waals surface area (Å²) in [6.45, 7) is 1.42. The van der Waals surface area contributed by atoms with E-state index in [9.17, 15) is 9.59 Å². The van der Waals surface area contributed by atoms with Gasteiger partial charge in [-0.3, -0.25) is 4.79 Å². The van der Waals surface area contributed by atoms with Crippen LogP contribution in [0, 0.1) is 0 Å². The molecule has 1 N–H and O–H groups in total. The molecule has 7 nitrogen and oxygen atoms in total. The third kappa shape index (κ3) is 2.39. The number of carbonyl (C=O) groups excluding carboxylic acids is 1. The van der Waals surface area contributed by atoms with E-state index in [4.69, 9.17) is 5.11 Å². The summed E-state index contributed by atoms with van der Waals surface area (Å²) in [5.74, 6) is -0.820. The molecule has 1 aliphatic rings. The van der Waals surface area contributed by atoms with Gasteiger partial charge in [-0.1, -0.05) is 0 Å². The third-order valence-corrected chi connectivity index (χ3v) is 2.89. The molecule has 96 valence electrons. The predicted molar refractivity (Wildman–Crippen MR) is 63.5 cm³/mol. The van der Waals surface area contributed by atoms with Gasteiger partial charge in [0.05, 0.1) is 6.54 Å². The van der Waals surface area contributed by atoms with Crippen molar-refractivity contribution in [1.82, 2.24) is 14.9 Å². The average Bonchev–Trinajstić information content (AvgIpc) is 2.52. The van der Waals surface area contributed by atoms with E-state index in [0.29, 0.717) is 18.9 Å². The Morgan fingerprint density at radius 3 is 2.94 bits per heavy atom. The Labute approximate surface area is 104 Å². The van der Waals surface area contributed by atoms with Crippen LogP contribution in [-0.2, 0) is 4.79 Å². The van der Waals surface area contributed by atoms with E-state index in [-0.39, 0.29) is 18.0 Å². The van der Waals surface area contributed by atoms with Crippen molar-refractivity contribution in [3.05, 3.63) is 18.1 Å². The van der Waals surface area contributed by atoms with Gasteiger partial charge in [0.25, 0.3) is 0 Å². The smallest absolute Gasteiger partial charge is 0.341 e. The van der Waals surface area contributed by atoms with Crippen molar-refractivity contribution >= 4 is 17.7 Å². The molecule has 0 bridgehead atoms. The summed E-state index contributed by atoms with van der Waals surface area (Å²) in [6, 6.07) is 0. The maximum atomic E-state index is 11.8. The van der Waals surface area contributed by atoms with Gasteiger partial charge in [0.15, 0.2) is 0 Å². The van der Waals surface area contributed by atoms with Crippen molar-refractivity contribution in [3.8, 4) is 0 Å². The van der Waals surface area contributed by atoms with Crippen LogP contribution in [0.15, 0.2) is 12.5 Å². The number of carboxylic acids is 1. The molecule has 7 heteroatoms. The molecule has 1 fully saturated rings. The van der Waals surface area contributed by atoms with Gasteiger partial charge >= 0.3 is 5.97 Å². The molecule has 0 saturated carbocycles. The van der Waals surface area contributed by atoms with Crippen LogP contribution in [0.3, 0.4) is 0 Å². The molecule has 2 heterocycles. The molecule has 1 aromatic heterocycles. The first-order chi connectivity index (χ1) is 8.59. The van der Waals surface area contributed by atoms with Gasteiger partial charge in [-0.2, -0.15) is 0 Å². The van der Waals surface area contributed by atoms with E-state index in [2.05, 4.69) is 9.97 Å². The SMILES string of the molecule is CN1CCCN(c2ncncc2C(=O)O)CC1=O. The number of rotatable bonds is 2. The van der Waals surface area contributed by atoms with E-state index in [0.717, 1.165) is 6.42 Å². The molecule has 0 atom stereocenters. The zero-order chi connectivity index (χ0) is 13.1. The Kier molecular flexibility index (Phi) is 3.40. The Hall–Kier alpha value is -2.18. The van der Waals surface area contributed by atoms with Crippen LogP contribution in [0.4, 0.5) is 5.82 Å². The van der Waals surface area contributed by atoms with Gasteiger partial charge in [-0.15, -0.1) is 0 Å². The van der Waals surface area contributed by atoms with Crippen LogP contribution in [0.5, 0.6) is 0 Å². The van der Waals surface area contributed by atoms with Gasteiger partial charge in [0, 0.05) is 26.3 Å². The van der Waals surface area contributed by atoms with E-state index in [1.807, 2.05) is 0 Å². The summed E-state index contributed by atoms with van der Waals surface area (Å²) in [5, 5.41) is 9.08. The van der Waals surface area contributed by atoms with Crippen molar-refractivity contribution in [2.45, 2.75) is 6.42 Å². The van der Waals surface area contributed by atoms with Crippen LogP contribution in [-0.4, -0.2) is 58.5 Å². The second-order valence-electron chi connectivity index (χ2n) is 4.16. The molecular weight excluding hydrogens is 236 g/mol. The fourth-order valence-electron chi connectivity index (χ4n) is 1.89. The Bertz CT molecular complexity index is 477. The van der Waals surface area contributed by atoms with Gasteiger partial charge in [-0.25, -0.2) is 14.8 Å². The van der Waals surface area contributed by atoms with Gasteiger partial charge in [0.1, 0.15) is 17.7 Å². The largest absolute Gasteiger partial charge is 0.477 e. The minimum Gasteiger partial charge on any atom is -0.477 e. The van der Waals surface area contributed by atoms with Crippen LogP contribution < -0.4 is 4.90 Å². The fourth-order valence-corrected chi connectivity index (χ4v) is 1.89. The van der Waals surface area contributed by atoms with Crippen molar-refractivity contribution in [3.63, 3.8) is 0 Å². The van der Waals surface area contributed by atoms with Gasteiger partial charge < -0.3 is 14.9 Å². The summed E-state index contributed by atoms with van der Waals surface area (Å²) in [4.78, 5) is 33.9. The number of amides is 1. The molecule has 0 radical (unpaired) electrons. The summed E-state index contributed by atoms with van der Waals surface area (Å²) in [5.41, 5.74) is 0.0230. The lowest BCUT2D eigenvalue weighted by Crippen LogP contribution is -2.35. The second-order valence-corrected chi connectivity index (χ2v) is 4.16. The minimum atomic E-state index is -1.09. The van der Waals surface area contributed by atoms with Gasteiger partial charge in [0.2, 0.25) is 5.91 Å². The molecule has 0 spiro atoms. The number of hydrogen-bond acceptors (Lipinski definition) is 5. The molecule has 1 aromatic rings. The molecule has 0 unspecified atom stereocenters. The quantitative estimate of drug-likeness (QED) is 0.785. The Balaban J connectivity index is 2.31. The Morgan fingerprint density at radius 1 is 1.44 bits per heavy atom. The van der Waals surface area contributed by atoms with Crippen molar-refractivity contribution in [1.29, 1.82) is 0 Å². The number of aromatic carboxylic acids is 1. The molecule has 18 heavy (non-hydrogen) atoms. The highest BCUT2D eigenvalue weighted by Gasteiger charge is 2.23. The number of hydrogen-bond donors (Lipinski definition) is 1. The normalized spacial score (nSPS) is 16.6. The lowest BCUT2D eigenvalue weighted by Gasteiger charge is -2.21. The number of anilines is 1. The second kappa shape index (κ2) is 4.99. The molecular formula is C11H14N4O3. The first kappa shape index (κ1) is 12.3. The monoisotopic (exact) mass is 250 g/mol. The van der Waals surface area contributed by atoms with Crippen molar-refractivity contribution < 1.29 is 14.7 Å². The maximum absolute atomic E-state index is 11.8. The van der Waals surface area contributed by atoms with Gasteiger partial charge in [-0.05, 0) is 6.42 Å². The van der Waals surface area contributed by atoms with Crippen molar-refractivity contribution in [2.24, 2.45) is 0 Å². The van der Waals surface area contributed by atoms with E-state index < -0.39 is 5.97 Å². The molecule has 2 rings (SSSR count). The number of nitrogens with zero attached hydrogens (tertiary/aromatic N) is 4. The molecule has 0 aromatic carbocycles. The number of likely N-dealkylation sites (N-methyl/N-ethyl adjacent to an activating group) is 1. The number of carboxylic acid groups (broad SMARTS) is 1. The molecule has 1 aliphatic heterocycles. The van der Waals surface area contributed by atoms with Crippen LogP contribution in [0.2, 0.25) is 0 Å². The van der Waals surface area contributed by atoms with E-state index in [1.165, 1.54) is 12.5 Å². The zero-order valence-corrected chi connectivity index (χ0v) is 10.0. The lowest BCUT2D eigenvalue weighted by molar-refractivity contribution is -0.127. The van der Waals surface area contributed by atoms with E-state index >= 15 is 0 Å². The topological polar surface area (TPSA) is 86.6 Å². The van der Waals surface area contributed by atoms with Crippen LogP contribution in [0.1, 0.15) is 16.8 Å². The predicted octanol–water partition coefficient (Wildman–Crippen LogP) is -0.157. The fraction of sp³-hybridized carbons (Fsp3) is 0.455. The number of carbonyl (C=O) groups is 2. The summed E-state index contributed by atoms with van der Waals surface area (Å²) in [7, 11) is 1.74. The highest BCUT2D eigenvalue weighted by Crippen LogP contribution is 2.18. The Morgan fingerprint density at radius 2 is 2.22 bits per heavy atom. The average molecular weight is 250 g/mol. The summed E-state index contributed by atoms with van der Waals surface area (Å²) in [6.07, 6.45) is 3.33. The maximum Gasteiger partial charge on any atom is 0.341 e. The zero-order valence-electron chi connectivity index (χ0n) is 10.0.